The number of aromatic nitrogens is 2. The van der Waals surface area contributed by atoms with Gasteiger partial charge in [-0.1, -0.05) is 11.6 Å². The summed E-state index contributed by atoms with van der Waals surface area (Å²) in [7, 11) is 2.24. The molecule has 2 aliphatic heterocycles. The lowest BCUT2D eigenvalue weighted by Crippen LogP contribution is -2.36. The Kier molecular flexibility index (Phi) is 2.77. The number of fused-ring (bicyclic) bond motifs is 2. The maximum Gasteiger partial charge on any atom is 0.187 e. The second kappa shape index (κ2) is 4.13. The van der Waals surface area contributed by atoms with Gasteiger partial charge in [0.15, 0.2) is 11.0 Å². The van der Waals surface area contributed by atoms with Crippen LogP contribution in [-0.4, -0.2) is 45.9 Å². The van der Waals surface area contributed by atoms with E-state index in [1.54, 1.807) is 0 Å². The molecule has 16 heavy (non-hydrogen) atoms. The Morgan fingerprint density at radius 2 is 2.06 bits per heavy atom. The highest BCUT2D eigenvalue weighted by atomic mass is 35.5. The molecule has 0 amide bonds. The third-order valence-corrected chi connectivity index (χ3v) is 4.75. The minimum atomic E-state index is 0.561. The van der Waals surface area contributed by atoms with Crippen molar-refractivity contribution in [3.8, 4) is 0 Å². The number of rotatable bonds is 1. The van der Waals surface area contributed by atoms with Crippen molar-refractivity contribution in [2.45, 2.75) is 31.3 Å². The molecule has 3 rings (SSSR count). The van der Waals surface area contributed by atoms with Gasteiger partial charge >= 0.3 is 0 Å². The van der Waals surface area contributed by atoms with Crippen LogP contribution in [0.2, 0.25) is 5.15 Å². The minimum Gasteiger partial charge on any atom is -0.352 e. The fourth-order valence-corrected chi connectivity index (χ4v) is 3.64. The molecule has 2 aliphatic rings. The zero-order chi connectivity index (χ0) is 11.1. The molecule has 0 saturated carbocycles. The molecule has 2 atom stereocenters. The highest BCUT2D eigenvalue weighted by Crippen LogP contribution is 2.32. The Morgan fingerprint density at radius 1 is 1.25 bits per heavy atom. The average molecular weight is 259 g/mol. The van der Waals surface area contributed by atoms with Gasteiger partial charge < -0.3 is 4.90 Å². The molecule has 88 valence electrons. The van der Waals surface area contributed by atoms with Crippen molar-refractivity contribution >= 4 is 29.1 Å². The molecule has 1 aromatic heterocycles. The molecule has 0 spiro atoms. The Balaban J connectivity index is 1.82. The van der Waals surface area contributed by atoms with E-state index in [4.69, 9.17) is 11.6 Å². The van der Waals surface area contributed by atoms with Gasteiger partial charge in [-0.05, 0) is 26.3 Å². The molecular weight excluding hydrogens is 244 g/mol. The Morgan fingerprint density at radius 3 is 2.81 bits per heavy atom. The van der Waals surface area contributed by atoms with Crippen molar-refractivity contribution in [2.75, 3.05) is 25.0 Å². The molecule has 0 N–H and O–H groups in total. The van der Waals surface area contributed by atoms with Crippen LogP contribution >= 0.6 is 23.3 Å². The molecule has 0 aliphatic carbocycles. The number of hydrogen-bond donors (Lipinski definition) is 0. The van der Waals surface area contributed by atoms with Gasteiger partial charge in [-0.2, -0.15) is 8.75 Å². The molecule has 1 aromatic rings. The van der Waals surface area contributed by atoms with E-state index in [0.29, 0.717) is 11.2 Å². The predicted molar refractivity (Wildman–Crippen MR) is 66.3 cm³/mol. The van der Waals surface area contributed by atoms with E-state index >= 15 is 0 Å². The van der Waals surface area contributed by atoms with Crippen molar-refractivity contribution < 1.29 is 0 Å². The van der Waals surface area contributed by atoms with Crippen LogP contribution in [0, 0.1) is 0 Å². The van der Waals surface area contributed by atoms with Gasteiger partial charge in [0.1, 0.15) is 0 Å². The van der Waals surface area contributed by atoms with Crippen LogP contribution in [0.15, 0.2) is 0 Å². The topological polar surface area (TPSA) is 32.3 Å². The summed E-state index contributed by atoms with van der Waals surface area (Å²) in [6.07, 6.45) is 3.85. The second-order valence-corrected chi connectivity index (χ2v) is 5.55. The van der Waals surface area contributed by atoms with Crippen molar-refractivity contribution in [3.05, 3.63) is 5.15 Å². The van der Waals surface area contributed by atoms with Crippen molar-refractivity contribution in [3.63, 3.8) is 0 Å². The Hall–Kier alpha value is -0.390. The van der Waals surface area contributed by atoms with Crippen LogP contribution < -0.4 is 4.90 Å². The smallest absolute Gasteiger partial charge is 0.187 e. The van der Waals surface area contributed by atoms with Gasteiger partial charge in [0.05, 0.1) is 11.7 Å². The molecule has 2 saturated heterocycles. The van der Waals surface area contributed by atoms with Gasteiger partial charge in [-0.3, -0.25) is 4.90 Å². The van der Waals surface area contributed by atoms with E-state index in [-0.39, 0.29) is 0 Å². The molecule has 3 heterocycles. The molecule has 0 radical (unpaired) electrons. The summed E-state index contributed by atoms with van der Waals surface area (Å²) in [6.45, 7) is 2.09. The van der Waals surface area contributed by atoms with Crippen molar-refractivity contribution in [1.82, 2.24) is 13.6 Å². The van der Waals surface area contributed by atoms with Gasteiger partial charge in [-0.25, -0.2) is 0 Å². The summed E-state index contributed by atoms with van der Waals surface area (Å²) >= 11 is 7.25. The fraction of sp³-hybridized carbons (Fsp3) is 0.800. The zero-order valence-corrected chi connectivity index (χ0v) is 10.8. The Labute approximate surface area is 105 Å². The van der Waals surface area contributed by atoms with Gasteiger partial charge in [0.2, 0.25) is 0 Å². The monoisotopic (exact) mass is 258 g/mol. The lowest BCUT2D eigenvalue weighted by atomic mass is 10.1. The summed E-state index contributed by atoms with van der Waals surface area (Å²) in [5.41, 5.74) is 0. The van der Waals surface area contributed by atoms with E-state index in [2.05, 4.69) is 25.6 Å². The maximum absolute atomic E-state index is 6.05. The zero-order valence-electron chi connectivity index (χ0n) is 9.27. The quantitative estimate of drug-likeness (QED) is 0.770. The summed E-state index contributed by atoms with van der Waals surface area (Å²) in [5, 5.41) is 0.561. The summed E-state index contributed by atoms with van der Waals surface area (Å²) < 4.78 is 8.34. The Bertz CT molecular complexity index is 383. The minimum absolute atomic E-state index is 0.561. The SMILES string of the molecule is CN1C2CCC1CN(c1nsnc1Cl)CC2. The summed E-state index contributed by atoms with van der Waals surface area (Å²) in [4.78, 5) is 4.82. The van der Waals surface area contributed by atoms with E-state index in [1.807, 2.05) is 0 Å². The van der Waals surface area contributed by atoms with Gasteiger partial charge in [0, 0.05) is 25.2 Å². The third-order valence-electron chi connectivity index (χ3n) is 3.88. The second-order valence-electron chi connectivity index (χ2n) is 4.66. The van der Waals surface area contributed by atoms with Crippen LogP contribution in [0.5, 0.6) is 0 Å². The molecular formula is C10H15ClN4S. The van der Waals surface area contributed by atoms with Crippen LogP contribution in [0.1, 0.15) is 19.3 Å². The predicted octanol–water partition coefficient (Wildman–Crippen LogP) is 1.86. The van der Waals surface area contributed by atoms with Crippen molar-refractivity contribution in [1.29, 1.82) is 0 Å². The lowest BCUT2D eigenvalue weighted by Gasteiger charge is -2.25. The lowest BCUT2D eigenvalue weighted by molar-refractivity contribution is 0.254. The van der Waals surface area contributed by atoms with Gasteiger partial charge in [-0.15, -0.1) is 0 Å². The molecule has 4 nitrogen and oxygen atoms in total. The number of nitrogens with zero attached hydrogens (tertiary/aromatic N) is 4. The normalized spacial score (nSPS) is 30.8. The number of anilines is 1. The first kappa shape index (κ1) is 10.7. The molecule has 0 aromatic carbocycles. The highest BCUT2D eigenvalue weighted by molar-refractivity contribution is 6.99. The van der Waals surface area contributed by atoms with Gasteiger partial charge in [0.25, 0.3) is 0 Å². The first-order valence-corrected chi connectivity index (χ1v) is 6.81. The van der Waals surface area contributed by atoms with Crippen LogP contribution in [0.25, 0.3) is 0 Å². The standard InChI is InChI=1S/C10H15ClN4S/c1-14-7-2-3-8(14)6-15(5-4-7)10-9(11)12-16-13-10/h7-8H,2-6H2,1H3. The molecule has 6 heteroatoms. The molecule has 2 fully saturated rings. The van der Waals surface area contributed by atoms with Crippen LogP contribution in [0.3, 0.4) is 0 Å². The molecule has 2 unspecified atom stereocenters. The first-order valence-electron chi connectivity index (χ1n) is 5.70. The van der Waals surface area contributed by atoms with Crippen molar-refractivity contribution in [2.24, 2.45) is 0 Å². The van der Waals surface area contributed by atoms with E-state index in [1.165, 1.54) is 31.0 Å². The third kappa shape index (κ3) is 1.71. The van der Waals surface area contributed by atoms with Crippen LogP contribution in [-0.2, 0) is 0 Å². The first-order chi connectivity index (χ1) is 7.75. The number of halogens is 1. The molecule has 2 bridgehead atoms. The van der Waals surface area contributed by atoms with E-state index in [9.17, 15) is 0 Å². The number of hydrogen-bond acceptors (Lipinski definition) is 5. The fourth-order valence-electron chi connectivity index (χ4n) is 2.86. The maximum atomic E-state index is 6.05. The largest absolute Gasteiger partial charge is 0.352 e. The van der Waals surface area contributed by atoms with Crippen LogP contribution in [0.4, 0.5) is 5.82 Å². The number of likely N-dealkylation sites (N-methyl/N-ethyl adjacent to an activating group) is 1. The highest BCUT2D eigenvalue weighted by Gasteiger charge is 2.35. The van der Waals surface area contributed by atoms with E-state index < -0.39 is 0 Å². The summed E-state index contributed by atoms with van der Waals surface area (Å²) in [6, 6.07) is 1.41. The average Bonchev–Trinajstić information content (AvgIpc) is 2.74. The van der Waals surface area contributed by atoms with E-state index in [0.717, 1.165) is 24.9 Å². The summed E-state index contributed by atoms with van der Waals surface area (Å²) in [5.74, 6) is 0.882.